The number of likely N-dealkylation sites (N-methyl/N-ethyl adjacent to an activating group) is 3. The van der Waals surface area contributed by atoms with Gasteiger partial charge in [-0.1, -0.05) is 106 Å². The fourth-order valence-corrected chi connectivity index (χ4v) is 18.1. The number of carbonyl (C=O) groups is 4. The third-order valence-corrected chi connectivity index (χ3v) is 24.7. The zero-order chi connectivity index (χ0) is 81.8. The van der Waals surface area contributed by atoms with Gasteiger partial charge in [-0.25, -0.2) is 53.8 Å². The van der Waals surface area contributed by atoms with Crippen molar-refractivity contribution in [1.82, 2.24) is 60.3 Å². The van der Waals surface area contributed by atoms with Gasteiger partial charge in [0.05, 0.1) is 107 Å². The molecule has 38 heteroatoms. The Balaban J connectivity index is 0.632. The number of hydrogen-bond acceptors (Lipinski definition) is 20. The molecule has 3 aliphatic rings. The van der Waals surface area contributed by atoms with Crippen molar-refractivity contribution in [2.45, 2.75) is 58.5 Å². The van der Waals surface area contributed by atoms with Gasteiger partial charge in [0.2, 0.25) is 36.0 Å². The summed E-state index contributed by atoms with van der Waals surface area (Å²) in [7, 11) is -5.70. The number of imide groups is 1. The van der Waals surface area contributed by atoms with E-state index in [9.17, 15) is 44.4 Å². The molecule has 3 aliphatic heterocycles. The maximum absolute atomic E-state index is 13.6. The second-order valence-electron chi connectivity index (χ2n) is 27.2. The quantitative estimate of drug-likeness (QED) is 0.0167. The van der Waals surface area contributed by atoms with Crippen LogP contribution in [0, 0.1) is 0 Å². The molecule has 8 N–H and O–H groups in total. The number of fused-ring (bicyclic) bond motifs is 3. The van der Waals surface area contributed by atoms with Crippen molar-refractivity contribution in [2.24, 2.45) is 0 Å². The van der Waals surface area contributed by atoms with E-state index in [1.165, 1.54) is 18.2 Å². The topological polar surface area (TPSA) is 345 Å². The molecular formula is C76H98Cl6N12O17S3. The largest absolute Gasteiger partial charge is 0.378 e. The summed E-state index contributed by atoms with van der Waals surface area (Å²) < 4.78 is 127. The van der Waals surface area contributed by atoms with Crippen molar-refractivity contribution in [3.63, 3.8) is 0 Å². The van der Waals surface area contributed by atoms with Crippen LogP contribution in [0.2, 0.25) is 30.1 Å². The highest BCUT2D eigenvalue weighted by molar-refractivity contribution is 7.90. The summed E-state index contributed by atoms with van der Waals surface area (Å²) >= 11 is 38.8. The lowest BCUT2D eigenvalue weighted by Gasteiger charge is -2.33. The van der Waals surface area contributed by atoms with Gasteiger partial charge in [0.15, 0.2) is 0 Å². The Morgan fingerprint density at radius 2 is 0.667 bits per heavy atom. The second-order valence-corrected chi connectivity index (χ2v) is 35.0. The first kappa shape index (κ1) is 91.8. The van der Waals surface area contributed by atoms with E-state index in [1.807, 2.05) is 57.5 Å². The second kappa shape index (κ2) is 45.7. The average Bonchev–Trinajstić information content (AvgIpc) is 0.781. The SMILES string of the molecule is CN1Cc2c(Cl)cc(Cl)cc2[C@@H](c2cccc(S(=O)(=O)NCCOCCOCCOCCNC(=O)N(CCNC(=O)NCCOCCOCCNS(=O)(=O)c3cccc([C@@H]4CN(C)Cc5c(Cl)cc(Cl)cc54)c3)C(=O)CCNC(=O)NCCOCCOCCNS(=O)(=O)c3cccc([C@@H]4CN(C)Cc5c(Cl)cc(Cl)cc54)c3)c2)C1. The molecule has 0 fully saturated rings. The lowest BCUT2D eigenvalue weighted by Crippen LogP contribution is -2.49. The van der Waals surface area contributed by atoms with Gasteiger partial charge in [0, 0.05) is 152 Å². The van der Waals surface area contributed by atoms with E-state index in [0.29, 0.717) is 69.4 Å². The molecule has 624 valence electrons. The van der Waals surface area contributed by atoms with E-state index in [0.717, 1.165) is 55.0 Å². The molecule has 29 nitrogen and oxygen atoms in total. The summed E-state index contributed by atoms with van der Waals surface area (Å²) in [6.45, 7) is 5.29. The van der Waals surface area contributed by atoms with Gasteiger partial charge in [0.1, 0.15) is 0 Å². The summed E-state index contributed by atoms with van der Waals surface area (Å²) in [6, 6.07) is 29.2. The van der Waals surface area contributed by atoms with Crippen molar-refractivity contribution in [3.05, 3.63) is 189 Å². The van der Waals surface area contributed by atoms with Crippen LogP contribution in [0.5, 0.6) is 0 Å². The number of benzene rings is 6. The number of rotatable bonds is 45. The fourth-order valence-electron chi connectivity index (χ4n) is 13.2. The predicted molar refractivity (Wildman–Crippen MR) is 437 cm³/mol. The van der Waals surface area contributed by atoms with E-state index in [1.54, 1.807) is 54.6 Å². The van der Waals surface area contributed by atoms with Crippen LogP contribution in [-0.4, -0.2) is 261 Å². The highest BCUT2D eigenvalue weighted by Gasteiger charge is 2.33. The summed E-state index contributed by atoms with van der Waals surface area (Å²) in [6.07, 6.45) is -0.293. The fraction of sp³-hybridized carbons (Fsp3) is 0.474. The zero-order valence-electron chi connectivity index (χ0n) is 63.6. The van der Waals surface area contributed by atoms with Crippen LogP contribution in [0.4, 0.5) is 14.4 Å². The maximum atomic E-state index is 13.6. The predicted octanol–water partition coefficient (Wildman–Crippen LogP) is 8.22. The first-order chi connectivity index (χ1) is 54.7. The Kier molecular flexibility index (Phi) is 36.8. The zero-order valence-corrected chi connectivity index (χ0v) is 70.5. The lowest BCUT2D eigenvalue weighted by molar-refractivity contribution is -0.128. The van der Waals surface area contributed by atoms with Crippen molar-refractivity contribution in [2.75, 3.05) is 192 Å². The Morgan fingerprint density at radius 1 is 0.377 bits per heavy atom. The smallest absolute Gasteiger partial charge is 0.324 e. The first-order valence-electron chi connectivity index (χ1n) is 37.1. The minimum Gasteiger partial charge on any atom is -0.378 e. The molecule has 9 rings (SSSR count). The van der Waals surface area contributed by atoms with Crippen molar-refractivity contribution in [3.8, 4) is 0 Å². The van der Waals surface area contributed by atoms with Gasteiger partial charge in [-0.3, -0.25) is 9.69 Å². The Labute approximate surface area is 696 Å². The number of carbonyl (C=O) groups excluding carboxylic acids is 4. The van der Waals surface area contributed by atoms with Crippen LogP contribution in [0.3, 0.4) is 0 Å². The minimum atomic E-state index is -3.89. The normalized spacial score (nSPS) is 16.0. The minimum absolute atomic E-state index is 0.00257. The Bertz CT molecular complexity index is 4590. The van der Waals surface area contributed by atoms with Gasteiger partial charge in [0.25, 0.3) is 0 Å². The van der Waals surface area contributed by atoms with E-state index < -0.39 is 54.1 Å². The number of halogens is 6. The lowest BCUT2D eigenvalue weighted by atomic mass is 9.85. The molecule has 114 heavy (non-hydrogen) atoms. The first-order valence-corrected chi connectivity index (χ1v) is 43.8. The molecule has 0 saturated heterocycles. The van der Waals surface area contributed by atoms with Crippen molar-refractivity contribution >= 4 is 124 Å². The molecule has 6 aromatic carbocycles. The molecule has 0 aliphatic carbocycles. The molecule has 0 unspecified atom stereocenters. The van der Waals surface area contributed by atoms with E-state index >= 15 is 0 Å². The van der Waals surface area contributed by atoms with Crippen LogP contribution in [-0.2, 0) is 87.7 Å². The summed E-state index contributed by atoms with van der Waals surface area (Å²) in [5, 5.41) is 16.3. The molecule has 3 heterocycles. The van der Waals surface area contributed by atoms with Crippen molar-refractivity contribution in [1.29, 1.82) is 0 Å². The number of sulfonamides is 3. The molecular weight excluding hydrogens is 1660 g/mol. The average molecular weight is 1760 g/mol. The summed E-state index contributed by atoms with van der Waals surface area (Å²) in [5.41, 5.74) is 8.19. The van der Waals surface area contributed by atoms with Gasteiger partial charge in [-0.05, 0) is 144 Å². The Hall–Kier alpha value is -6.13. The molecule has 0 saturated carbocycles. The number of nitrogens with zero attached hydrogens (tertiary/aromatic N) is 4. The van der Waals surface area contributed by atoms with Gasteiger partial charge >= 0.3 is 18.1 Å². The standard InChI is InChI=1S/C76H98Cl6N12O17S3/c1-91-46-64(61-40-55(77)43-70(80)67(61)49-91)52-7-4-10-58(37-52)112(99,100)88-19-26-108-31-29-105-23-16-85-74(96)83-14-13-73(95)94(22-15-84-75(97)86-17-24-106-30-32-109-27-20-89-113(101,102)59-11-5-8-53(38-59)65-47-92(2)50-68-62(65)41-56(78)44-71(68)81)76(98)87-18-25-107-33-35-111-36-34-110-28-21-90-114(103,104)60-12-6-9-54(39-60)66-48-93(3)51-69-63(66)42-57(79)45-72(69)82/h4-12,37-45,64-66,88-90H,13-36,46-51H2,1-3H3,(H,87,98)(H2,83,85,96)(H2,84,86,97)/t64-,65-,66+/m0/s1. The van der Waals surface area contributed by atoms with Crippen LogP contribution in [0.15, 0.2) is 124 Å². The van der Waals surface area contributed by atoms with Crippen molar-refractivity contribution < 1.29 is 77.6 Å². The number of urea groups is 3. The maximum Gasteiger partial charge on any atom is 0.324 e. The monoisotopic (exact) mass is 1760 g/mol. The van der Waals surface area contributed by atoms with Gasteiger partial charge in [-0.15, -0.1) is 0 Å². The van der Waals surface area contributed by atoms with Crippen LogP contribution in [0.1, 0.15) is 74.2 Å². The molecule has 0 aromatic heterocycles. The highest BCUT2D eigenvalue weighted by Crippen LogP contribution is 2.42. The van der Waals surface area contributed by atoms with Gasteiger partial charge in [-0.2, -0.15) is 0 Å². The number of nitrogens with one attached hydrogen (secondary N) is 8. The number of ether oxygens (including phenoxy) is 7. The van der Waals surface area contributed by atoms with Gasteiger partial charge < -0.3 is 74.4 Å². The molecule has 7 amide bonds. The molecule has 0 spiro atoms. The molecule has 3 atom stereocenters. The van der Waals surface area contributed by atoms with E-state index in [-0.39, 0.29) is 190 Å². The summed E-state index contributed by atoms with van der Waals surface area (Å²) in [5.74, 6) is -1.09. The van der Waals surface area contributed by atoms with Crippen LogP contribution in [0.25, 0.3) is 0 Å². The third-order valence-electron chi connectivity index (χ3n) is 18.7. The Morgan fingerprint density at radius 3 is 1.00 bits per heavy atom. The van der Waals surface area contributed by atoms with E-state index in [2.05, 4.69) is 55.4 Å². The molecule has 0 bridgehead atoms. The number of hydrogen-bond donors (Lipinski definition) is 8. The van der Waals surface area contributed by atoms with E-state index in [4.69, 9.17) is 103 Å². The third kappa shape index (κ3) is 28.3. The van der Waals surface area contributed by atoms with Crippen LogP contribution < -0.4 is 40.8 Å². The molecule has 0 radical (unpaired) electrons. The summed E-state index contributed by atoms with van der Waals surface area (Å²) in [4.78, 5) is 60.1. The number of amides is 7. The van der Waals surface area contributed by atoms with Crippen LogP contribution >= 0.6 is 69.6 Å². The molecule has 6 aromatic rings. The highest BCUT2D eigenvalue weighted by atomic mass is 35.5.